The number of benzene rings is 1. The first-order chi connectivity index (χ1) is 12.3. The van der Waals surface area contributed by atoms with Crippen molar-refractivity contribution in [3.05, 3.63) is 18.2 Å². The number of primary sulfonamides is 1. The second-order valence-corrected chi connectivity index (χ2v) is 8.71. The summed E-state index contributed by atoms with van der Waals surface area (Å²) in [5.74, 6) is 0.333. The van der Waals surface area contributed by atoms with Gasteiger partial charge >= 0.3 is 5.97 Å². The van der Waals surface area contributed by atoms with E-state index < -0.39 is 10.0 Å². The molecule has 26 heavy (non-hydrogen) atoms. The monoisotopic (exact) mass is 400 g/mol. The largest absolute Gasteiger partial charge is 0.490 e. The van der Waals surface area contributed by atoms with E-state index in [1.807, 2.05) is 0 Å². The van der Waals surface area contributed by atoms with E-state index in [0.717, 1.165) is 37.0 Å². The number of thiazole rings is 1. The lowest BCUT2D eigenvalue weighted by molar-refractivity contribution is -0.149. The molecule has 0 radical (unpaired) electrons. The molecule has 7 nitrogen and oxygen atoms in total. The summed E-state index contributed by atoms with van der Waals surface area (Å²) >= 11 is 0.988. The standard InChI is InChI=1S/C17H24N2O5S2/c1-3-5-12(6-4-2)16(20)24-10-9-23-13-7-8-14-15(11-13)25-17(19-14)26(18,21)22/h7-8,11-12H,3-6,9-10H2,1-2H3,(H2,18,21,22). The lowest BCUT2D eigenvalue weighted by atomic mass is 9.99. The Morgan fingerprint density at radius 3 is 2.54 bits per heavy atom. The fourth-order valence-electron chi connectivity index (χ4n) is 2.59. The predicted octanol–water partition coefficient (Wildman–Crippen LogP) is 3.08. The molecule has 0 fully saturated rings. The number of fused-ring (bicyclic) bond motifs is 1. The molecule has 0 spiro atoms. The topological polar surface area (TPSA) is 109 Å². The Balaban J connectivity index is 1.88. The van der Waals surface area contributed by atoms with Crippen molar-refractivity contribution in [1.82, 2.24) is 4.98 Å². The summed E-state index contributed by atoms with van der Waals surface area (Å²) in [6, 6.07) is 5.05. The van der Waals surface area contributed by atoms with Crippen molar-refractivity contribution in [2.24, 2.45) is 11.1 Å². The van der Waals surface area contributed by atoms with Gasteiger partial charge < -0.3 is 9.47 Å². The van der Waals surface area contributed by atoms with Gasteiger partial charge in [-0.2, -0.15) is 0 Å². The third kappa shape index (κ3) is 5.65. The lowest BCUT2D eigenvalue weighted by Crippen LogP contribution is -2.20. The number of ether oxygens (including phenoxy) is 2. The first-order valence-electron chi connectivity index (χ1n) is 8.58. The molecule has 0 unspecified atom stereocenters. The van der Waals surface area contributed by atoms with Crippen molar-refractivity contribution in [3.63, 3.8) is 0 Å². The highest BCUT2D eigenvalue weighted by Crippen LogP contribution is 2.28. The van der Waals surface area contributed by atoms with Gasteiger partial charge in [-0.3, -0.25) is 4.79 Å². The van der Waals surface area contributed by atoms with Crippen molar-refractivity contribution >= 4 is 37.5 Å². The van der Waals surface area contributed by atoms with Crippen LogP contribution in [0.25, 0.3) is 10.2 Å². The minimum Gasteiger partial charge on any atom is -0.490 e. The quantitative estimate of drug-likeness (QED) is 0.485. The van der Waals surface area contributed by atoms with Crippen molar-refractivity contribution in [2.75, 3.05) is 13.2 Å². The van der Waals surface area contributed by atoms with Crippen LogP contribution in [0.4, 0.5) is 0 Å². The molecular weight excluding hydrogens is 376 g/mol. The number of hydrogen-bond acceptors (Lipinski definition) is 7. The highest BCUT2D eigenvalue weighted by atomic mass is 32.2. The SMILES string of the molecule is CCCC(CCC)C(=O)OCCOc1ccc2nc(S(N)(=O)=O)sc2c1. The molecule has 9 heteroatoms. The summed E-state index contributed by atoms with van der Waals surface area (Å²) in [5.41, 5.74) is 0.541. The van der Waals surface area contributed by atoms with Gasteiger partial charge in [0.25, 0.3) is 10.0 Å². The molecule has 0 aliphatic heterocycles. The fraction of sp³-hybridized carbons (Fsp3) is 0.529. The number of carbonyl (C=O) groups is 1. The van der Waals surface area contributed by atoms with Gasteiger partial charge in [0.05, 0.1) is 16.1 Å². The van der Waals surface area contributed by atoms with E-state index in [-0.39, 0.29) is 29.4 Å². The molecule has 0 aliphatic carbocycles. The molecule has 2 N–H and O–H groups in total. The Kier molecular flexibility index (Phi) is 7.36. The molecule has 144 valence electrons. The number of carbonyl (C=O) groups excluding carboxylic acids is 1. The highest BCUT2D eigenvalue weighted by Gasteiger charge is 2.18. The molecule has 1 aromatic carbocycles. The number of nitrogens with zero attached hydrogens (tertiary/aromatic N) is 1. The van der Waals surface area contributed by atoms with Crippen molar-refractivity contribution < 1.29 is 22.7 Å². The van der Waals surface area contributed by atoms with Gasteiger partial charge in [-0.1, -0.05) is 26.7 Å². The molecule has 0 atom stereocenters. The summed E-state index contributed by atoms with van der Waals surface area (Å²) in [7, 11) is -3.82. The van der Waals surface area contributed by atoms with Gasteiger partial charge in [-0.25, -0.2) is 18.5 Å². The Labute approximate surface area is 157 Å². The van der Waals surface area contributed by atoms with E-state index >= 15 is 0 Å². The van der Waals surface area contributed by atoms with Gasteiger partial charge in [-0.15, -0.1) is 11.3 Å². The number of esters is 1. The van der Waals surface area contributed by atoms with Crippen molar-refractivity contribution in [2.45, 2.75) is 43.9 Å². The molecule has 0 saturated heterocycles. The molecule has 0 aliphatic rings. The Morgan fingerprint density at radius 1 is 1.23 bits per heavy atom. The molecule has 1 heterocycles. The number of hydrogen-bond donors (Lipinski definition) is 1. The Bertz CT molecular complexity index is 842. The average molecular weight is 401 g/mol. The minimum atomic E-state index is -3.82. The zero-order valence-electron chi connectivity index (χ0n) is 14.9. The second-order valence-electron chi connectivity index (χ2n) is 5.94. The first kappa shape index (κ1) is 20.6. The smallest absolute Gasteiger partial charge is 0.309 e. The van der Waals surface area contributed by atoms with Crippen molar-refractivity contribution in [1.29, 1.82) is 0 Å². The van der Waals surface area contributed by atoms with Gasteiger partial charge in [0.2, 0.25) is 4.34 Å². The number of nitrogens with two attached hydrogens (primary N) is 1. The fourth-order valence-corrected chi connectivity index (χ4v) is 4.28. The number of aromatic nitrogens is 1. The highest BCUT2D eigenvalue weighted by molar-refractivity contribution is 7.91. The Morgan fingerprint density at radius 2 is 1.92 bits per heavy atom. The maximum Gasteiger partial charge on any atom is 0.309 e. The van der Waals surface area contributed by atoms with E-state index in [9.17, 15) is 13.2 Å². The van der Waals surface area contributed by atoms with E-state index in [4.69, 9.17) is 14.6 Å². The van der Waals surface area contributed by atoms with Crippen LogP contribution in [-0.2, 0) is 19.6 Å². The van der Waals surface area contributed by atoms with E-state index in [0.29, 0.717) is 16.0 Å². The van der Waals surface area contributed by atoms with Crippen LogP contribution in [0, 0.1) is 5.92 Å². The van der Waals surface area contributed by atoms with E-state index in [1.165, 1.54) is 0 Å². The third-order valence-corrected chi connectivity index (χ3v) is 6.13. The zero-order chi connectivity index (χ0) is 19.2. The van der Waals surface area contributed by atoms with Crippen LogP contribution in [0.2, 0.25) is 0 Å². The van der Waals surface area contributed by atoms with Crippen molar-refractivity contribution in [3.8, 4) is 5.75 Å². The van der Waals surface area contributed by atoms with E-state index in [2.05, 4.69) is 18.8 Å². The predicted molar refractivity (Wildman–Crippen MR) is 101 cm³/mol. The summed E-state index contributed by atoms with van der Waals surface area (Å²) in [5, 5.41) is 5.09. The number of rotatable bonds is 10. The van der Waals surface area contributed by atoms with Gasteiger partial charge in [0, 0.05) is 0 Å². The average Bonchev–Trinajstić information content (AvgIpc) is 3.02. The minimum absolute atomic E-state index is 0.0461. The Hall–Kier alpha value is -1.71. The molecule has 0 bridgehead atoms. The lowest BCUT2D eigenvalue weighted by Gasteiger charge is -2.14. The second kappa shape index (κ2) is 9.29. The van der Waals surface area contributed by atoms with Crippen LogP contribution in [0.15, 0.2) is 22.5 Å². The first-order valence-corrected chi connectivity index (χ1v) is 10.9. The maximum absolute atomic E-state index is 12.1. The normalized spacial score (nSPS) is 11.8. The van der Waals surface area contributed by atoms with Crippen LogP contribution in [0.3, 0.4) is 0 Å². The molecule has 0 amide bonds. The molecule has 2 aromatic rings. The van der Waals surface area contributed by atoms with Gasteiger partial charge in [-0.05, 0) is 31.0 Å². The maximum atomic E-state index is 12.1. The van der Waals surface area contributed by atoms with Crippen LogP contribution < -0.4 is 9.88 Å². The summed E-state index contributed by atoms with van der Waals surface area (Å²) < 4.78 is 34.1. The van der Waals surface area contributed by atoms with Gasteiger partial charge in [0.1, 0.15) is 19.0 Å². The van der Waals surface area contributed by atoms with Crippen LogP contribution in [0.1, 0.15) is 39.5 Å². The molecule has 2 rings (SSSR count). The summed E-state index contributed by atoms with van der Waals surface area (Å²) in [6.45, 7) is 4.50. The van der Waals surface area contributed by atoms with E-state index in [1.54, 1.807) is 18.2 Å². The molecule has 1 aromatic heterocycles. The zero-order valence-corrected chi connectivity index (χ0v) is 16.6. The molecule has 0 saturated carbocycles. The number of sulfonamides is 1. The summed E-state index contributed by atoms with van der Waals surface area (Å²) in [4.78, 5) is 16.0. The third-order valence-electron chi connectivity index (χ3n) is 3.79. The van der Waals surface area contributed by atoms with Crippen LogP contribution in [0.5, 0.6) is 5.75 Å². The summed E-state index contributed by atoms with van der Waals surface area (Å²) in [6.07, 6.45) is 3.57. The van der Waals surface area contributed by atoms with Gasteiger partial charge in [0.15, 0.2) is 0 Å². The van der Waals surface area contributed by atoms with Crippen LogP contribution in [-0.4, -0.2) is 32.6 Å². The molecular formula is C17H24N2O5S2. The van der Waals surface area contributed by atoms with Crippen LogP contribution >= 0.6 is 11.3 Å².